The molecule has 2 aliphatic heterocycles. The van der Waals surface area contributed by atoms with E-state index >= 15 is 0 Å². The Morgan fingerprint density at radius 3 is 2.76 bits per heavy atom. The van der Waals surface area contributed by atoms with Crippen molar-refractivity contribution in [2.45, 2.75) is 42.8 Å². The number of amides is 1. The maximum atomic E-state index is 13.8. The van der Waals surface area contributed by atoms with Gasteiger partial charge in [-0.25, -0.2) is 23.1 Å². The Bertz CT molecular complexity index is 1500. The molecule has 1 amide bonds. The predicted molar refractivity (Wildman–Crippen MR) is 136 cm³/mol. The first kappa shape index (κ1) is 23.6. The fraction of sp³-hybridized carbons (Fsp3) is 0.360. The van der Waals surface area contributed by atoms with E-state index in [1.54, 1.807) is 40.2 Å². The molecule has 0 saturated heterocycles. The molecule has 1 aromatic carbocycles. The molecule has 37 heavy (non-hydrogen) atoms. The molecule has 0 spiro atoms. The molecular weight excluding hydrogens is 494 g/mol. The Morgan fingerprint density at radius 2 is 2.05 bits per heavy atom. The number of carbonyl (C=O) groups excluding carboxylic acids is 1. The summed E-state index contributed by atoms with van der Waals surface area (Å²) in [5, 5.41) is 4.21. The average molecular weight is 522 g/mol. The number of hydrogen-bond donors (Lipinski definition) is 1. The summed E-state index contributed by atoms with van der Waals surface area (Å²) in [6.45, 7) is 2.84. The number of guanidine groups is 1. The van der Waals surface area contributed by atoms with Crippen LogP contribution in [0.4, 0.5) is 5.69 Å². The van der Waals surface area contributed by atoms with E-state index in [0.29, 0.717) is 36.2 Å². The lowest BCUT2D eigenvalue weighted by Crippen LogP contribution is -2.53. The molecule has 1 saturated carbocycles. The van der Waals surface area contributed by atoms with Crippen LogP contribution < -0.4 is 14.4 Å². The van der Waals surface area contributed by atoms with Gasteiger partial charge < -0.3 is 9.64 Å². The zero-order valence-corrected chi connectivity index (χ0v) is 21.4. The van der Waals surface area contributed by atoms with Crippen LogP contribution in [0.3, 0.4) is 0 Å². The number of rotatable bonds is 8. The summed E-state index contributed by atoms with van der Waals surface area (Å²) < 4.78 is 36.6. The zero-order valence-electron chi connectivity index (χ0n) is 20.5. The number of pyridine rings is 1. The smallest absolute Gasteiger partial charge is 0.263 e. The third kappa shape index (κ3) is 4.46. The minimum absolute atomic E-state index is 0.0647. The van der Waals surface area contributed by atoms with Crippen LogP contribution in [0, 0.1) is 0 Å². The normalized spacial score (nSPS) is 19.9. The summed E-state index contributed by atoms with van der Waals surface area (Å²) in [4.78, 5) is 26.3. The van der Waals surface area contributed by atoms with Gasteiger partial charge in [0.1, 0.15) is 6.61 Å². The maximum Gasteiger partial charge on any atom is 0.263 e. The molecule has 4 heterocycles. The number of sulfonamides is 1. The van der Waals surface area contributed by atoms with Crippen molar-refractivity contribution in [2.75, 3.05) is 18.1 Å². The number of fused-ring (bicyclic) bond motifs is 3. The number of nitrogens with zero attached hydrogens (tertiary/aromatic N) is 6. The van der Waals surface area contributed by atoms with Crippen molar-refractivity contribution in [2.24, 2.45) is 12.0 Å². The molecule has 1 fully saturated rings. The van der Waals surface area contributed by atoms with Crippen LogP contribution in [0.1, 0.15) is 35.7 Å². The molecule has 1 N–H and O–H groups in total. The van der Waals surface area contributed by atoms with E-state index in [9.17, 15) is 13.2 Å². The second kappa shape index (κ2) is 8.67. The fourth-order valence-corrected chi connectivity index (χ4v) is 6.11. The number of aromatic nitrogens is 3. The third-order valence-corrected chi connectivity index (χ3v) is 8.46. The molecule has 3 aromatic rings. The highest BCUT2D eigenvalue weighted by atomic mass is 32.2. The van der Waals surface area contributed by atoms with Gasteiger partial charge in [0.05, 0.1) is 41.5 Å². The number of carbonyl (C=O) groups is 1. The zero-order chi connectivity index (χ0) is 25.8. The van der Waals surface area contributed by atoms with E-state index in [1.807, 2.05) is 37.2 Å². The largest absolute Gasteiger partial charge is 0.475 e. The molecule has 3 aliphatic rings. The van der Waals surface area contributed by atoms with Gasteiger partial charge in [-0.1, -0.05) is 6.07 Å². The van der Waals surface area contributed by atoms with E-state index in [2.05, 4.69) is 14.8 Å². The molecule has 1 atom stereocenters. The predicted octanol–water partition coefficient (Wildman–Crippen LogP) is 1.93. The monoisotopic (exact) mass is 521 g/mol. The quantitative estimate of drug-likeness (QED) is 0.481. The van der Waals surface area contributed by atoms with Gasteiger partial charge >= 0.3 is 0 Å². The molecule has 0 bridgehead atoms. The molecule has 0 unspecified atom stereocenters. The van der Waals surface area contributed by atoms with Crippen LogP contribution in [0.5, 0.6) is 5.88 Å². The van der Waals surface area contributed by atoms with E-state index in [1.165, 1.54) is 6.07 Å². The van der Waals surface area contributed by atoms with Crippen LogP contribution in [-0.2, 0) is 23.6 Å². The van der Waals surface area contributed by atoms with Crippen molar-refractivity contribution in [3.8, 4) is 5.88 Å². The summed E-state index contributed by atoms with van der Waals surface area (Å²) in [5.41, 5.74) is 1.32. The number of nitrogens with one attached hydrogen (secondary N) is 1. The Kier molecular flexibility index (Phi) is 5.53. The third-order valence-electron chi connectivity index (χ3n) is 6.82. The van der Waals surface area contributed by atoms with Gasteiger partial charge in [0.15, 0.2) is 0 Å². The van der Waals surface area contributed by atoms with Crippen LogP contribution in [0.15, 0.2) is 64.9 Å². The van der Waals surface area contributed by atoms with Crippen LogP contribution in [-0.4, -0.2) is 64.7 Å². The van der Waals surface area contributed by atoms with Crippen molar-refractivity contribution < 1.29 is 17.9 Å². The summed E-state index contributed by atoms with van der Waals surface area (Å²) in [5.74, 6) is 0.697. The van der Waals surface area contributed by atoms with Crippen molar-refractivity contribution in [3.63, 3.8) is 0 Å². The van der Waals surface area contributed by atoms with Crippen molar-refractivity contribution >= 4 is 27.6 Å². The number of benzene rings is 1. The van der Waals surface area contributed by atoms with E-state index in [-0.39, 0.29) is 23.4 Å². The second-order valence-corrected chi connectivity index (χ2v) is 11.6. The van der Waals surface area contributed by atoms with Gasteiger partial charge in [-0.15, -0.1) is 0 Å². The first-order valence-electron chi connectivity index (χ1n) is 12.1. The van der Waals surface area contributed by atoms with Crippen LogP contribution >= 0.6 is 0 Å². The Balaban J connectivity index is 1.36. The van der Waals surface area contributed by atoms with Crippen molar-refractivity contribution in [1.82, 2.24) is 24.4 Å². The van der Waals surface area contributed by atoms with Gasteiger partial charge in [-0.05, 0) is 44.0 Å². The first-order valence-corrected chi connectivity index (χ1v) is 13.6. The topological polar surface area (TPSA) is 122 Å². The van der Waals surface area contributed by atoms with Crippen LogP contribution in [0.2, 0.25) is 0 Å². The SMILES string of the molecule is Cn1cc(CN2C(=O)c3cc(S(=O)(=O)NC4(C)CC4)ccc3N3C2=NC[C@H]3COc2ccccn2)cn1. The molecule has 2 aromatic heterocycles. The number of anilines is 1. The number of hydrogen-bond acceptors (Lipinski definition) is 8. The second-order valence-electron chi connectivity index (χ2n) is 9.90. The van der Waals surface area contributed by atoms with E-state index < -0.39 is 15.6 Å². The van der Waals surface area contributed by atoms with Crippen molar-refractivity contribution in [3.05, 3.63) is 66.1 Å². The Morgan fingerprint density at radius 1 is 1.22 bits per heavy atom. The van der Waals surface area contributed by atoms with Gasteiger partial charge in [0.2, 0.25) is 21.9 Å². The molecule has 6 rings (SSSR count). The van der Waals surface area contributed by atoms with Gasteiger partial charge in [0, 0.05) is 36.6 Å². The van der Waals surface area contributed by atoms with Crippen LogP contribution in [0.25, 0.3) is 0 Å². The Hall–Kier alpha value is -3.77. The highest BCUT2D eigenvalue weighted by molar-refractivity contribution is 7.89. The molecule has 192 valence electrons. The first-order chi connectivity index (χ1) is 17.7. The number of aliphatic imine (C=N–C) groups is 1. The maximum absolute atomic E-state index is 13.8. The van der Waals surface area contributed by atoms with E-state index in [0.717, 1.165) is 18.4 Å². The lowest BCUT2D eigenvalue weighted by molar-refractivity contribution is 0.0832. The molecular formula is C25H27N7O4S. The van der Waals surface area contributed by atoms with Gasteiger partial charge in [-0.2, -0.15) is 5.10 Å². The standard InChI is InChI=1S/C25H27N7O4S/c1-25(8-9-25)29-37(34,35)19-6-7-21-20(11-19)23(33)31(15-17-12-28-30(2)14-17)24-27-13-18(32(21)24)16-36-22-5-3-4-10-26-22/h3-7,10-12,14,18,29H,8-9,13,15-16H2,1-2H3/t18-/m0/s1. The molecule has 1 aliphatic carbocycles. The highest BCUT2D eigenvalue weighted by Crippen LogP contribution is 2.38. The Labute approximate surface area is 214 Å². The summed E-state index contributed by atoms with van der Waals surface area (Å²) in [6, 6.07) is 9.94. The molecule has 0 radical (unpaired) electrons. The van der Waals surface area contributed by atoms with E-state index in [4.69, 9.17) is 9.73 Å². The number of aryl methyl sites for hydroxylation is 1. The average Bonchev–Trinajstić information content (AvgIpc) is 3.25. The minimum Gasteiger partial charge on any atom is -0.475 e. The lowest BCUT2D eigenvalue weighted by atomic mass is 10.1. The molecule has 12 heteroatoms. The summed E-state index contributed by atoms with van der Waals surface area (Å²) in [7, 11) is -1.97. The lowest BCUT2D eigenvalue weighted by Gasteiger charge is -2.38. The minimum atomic E-state index is -3.78. The number of ether oxygens (including phenoxy) is 1. The van der Waals surface area contributed by atoms with Gasteiger partial charge in [-0.3, -0.25) is 14.4 Å². The summed E-state index contributed by atoms with van der Waals surface area (Å²) >= 11 is 0. The summed E-state index contributed by atoms with van der Waals surface area (Å²) in [6.07, 6.45) is 6.78. The molecule has 11 nitrogen and oxygen atoms in total. The van der Waals surface area contributed by atoms with Gasteiger partial charge in [0.25, 0.3) is 5.91 Å². The van der Waals surface area contributed by atoms with Crippen molar-refractivity contribution in [1.29, 1.82) is 0 Å². The highest BCUT2D eigenvalue weighted by Gasteiger charge is 2.44. The fourth-order valence-electron chi connectivity index (χ4n) is 4.62.